The van der Waals surface area contributed by atoms with E-state index in [1.165, 1.54) is 0 Å². The zero-order valence-corrected chi connectivity index (χ0v) is 13.8. The maximum Gasteiger partial charge on any atom is 0.190 e. The molecule has 0 saturated carbocycles. The summed E-state index contributed by atoms with van der Waals surface area (Å²) in [7, 11) is 0. The van der Waals surface area contributed by atoms with E-state index in [1.807, 2.05) is 0 Å². The lowest BCUT2D eigenvalue weighted by Gasteiger charge is -2.12. The van der Waals surface area contributed by atoms with Crippen molar-refractivity contribution in [3.05, 3.63) is 5.82 Å². The highest BCUT2D eigenvalue weighted by Crippen LogP contribution is 2.16. The predicted molar refractivity (Wildman–Crippen MR) is 82.7 cm³/mol. The van der Waals surface area contributed by atoms with E-state index in [9.17, 15) is 0 Å². The number of rotatable bonds is 9. The highest BCUT2D eigenvalue weighted by Gasteiger charge is 2.12. The fraction of sp³-hybridized carbons (Fsp3) is 0.857. The molecule has 0 aliphatic carbocycles. The molecule has 0 atom stereocenters. The van der Waals surface area contributed by atoms with Gasteiger partial charge < -0.3 is 9.88 Å². The van der Waals surface area contributed by atoms with Crippen LogP contribution >= 0.6 is 11.8 Å². The molecule has 19 heavy (non-hydrogen) atoms. The Morgan fingerprint density at radius 1 is 1.16 bits per heavy atom. The Morgan fingerprint density at radius 3 is 2.47 bits per heavy atom. The fourth-order valence-electron chi connectivity index (χ4n) is 1.97. The predicted octanol–water partition coefficient (Wildman–Crippen LogP) is 2.83. The first kappa shape index (κ1) is 16.5. The van der Waals surface area contributed by atoms with Crippen LogP contribution in [0.5, 0.6) is 0 Å². The number of aryl methyl sites for hydroxylation is 1. The Labute approximate surface area is 121 Å². The number of nitrogens with one attached hydrogen (secondary N) is 1. The summed E-state index contributed by atoms with van der Waals surface area (Å²) in [4.78, 5) is 0. The van der Waals surface area contributed by atoms with Crippen LogP contribution in [-0.2, 0) is 13.0 Å². The van der Waals surface area contributed by atoms with Crippen molar-refractivity contribution in [3.63, 3.8) is 0 Å². The molecule has 1 rings (SSSR count). The molecule has 4 nitrogen and oxygen atoms in total. The molecule has 0 fully saturated rings. The van der Waals surface area contributed by atoms with Gasteiger partial charge in [0.1, 0.15) is 5.82 Å². The second-order valence-electron chi connectivity index (χ2n) is 5.81. The lowest BCUT2D eigenvalue weighted by atomic mass is 10.2. The summed E-state index contributed by atoms with van der Waals surface area (Å²) in [6, 6.07) is 0. The molecule has 0 aliphatic heterocycles. The van der Waals surface area contributed by atoms with Crippen LogP contribution in [0.25, 0.3) is 0 Å². The van der Waals surface area contributed by atoms with Gasteiger partial charge in [0, 0.05) is 13.0 Å². The van der Waals surface area contributed by atoms with Crippen LogP contribution in [0.3, 0.4) is 0 Å². The van der Waals surface area contributed by atoms with E-state index in [1.54, 1.807) is 11.8 Å². The monoisotopic (exact) mass is 284 g/mol. The molecule has 0 aliphatic rings. The number of thioether (sulfide) groups is 1. The molecule has 0 aromatic carbocycles. The molecule has 0 unspecified atom stereocenters. The molecule has 1 aromatic rings. The van der Waals surface area contributed by atoms with Gasteiger partial charge in [0.05, 0.1) is 0 Å². The molecule has 0 saturated heterocycles. The highest BCUT2D eigenvalue weighted by atomic mass is 32.2. The lowest BCUT2D eigenvalue weighted by Crippen LogP contribution is -2.21. The van der Waals surface area contributed by atoms with Crippen molar-refractivity contribution in [2.45, 2.75) is 52.2 Å². The lowest BCUT2D eigenvalue weighted by molar-refractivity contribution is 0.473. The van der Waals surface area contributed by atoms with Crippen LogP contribution in [-0.4, -0.2) is 34.1 Å². The van der Waals surface area contributed by atoms with E-state index in [0.29, 0.717) is 11.8 Å². The zero-order chi connectivity index (χ0) is 14.3. The van der Waals surface area contributed by atoms with Gasteiger partial charge in [0.2, 0.25) is 0 Å². The standard InChI is InChI=1S/C14H28N4S/c1-11(2)9-15-8-6-7-13-16-17-14(19-5)18(13)10-12(3)4/h11-12,15H,6-10H2,1-5H3. The van der Waals surface area contributed by atoms with Crippen molar-refractivity contribution in [1.29, 1.82) is 0 Å². The Kier molecular flexibility index (Phi) is 7.46. The van der Waals surface area contributed by atoms with Gasteiger partial charge in [-0.25, -0.2) is 0 Å². The van der Waals surface area contributed by atoms with E-state index in [2.05, 4.69) is 54.0 Å². The van der Waals surface area contributed by atoms with E-state index < -0.39 is 0 Å². The summed E-state index contributed by atoms with van der Waals surface area (Å²) >= 11 is 1.68. The Hall–Kier alpha value is -0.550. The largest absolute Gasteiger partial charge is 0.316 e. The molecule has 110 valence electrons. The Balaban J connectivity index is 2.46. The van der Waals surface area contributed by atoms with Crippen LogP contribution in [0.2, 0.25) is 0 Å². The number of hydrogen-bond donors (Lipinski definition) is 1. The maximum absolute atomic E-state index is 4.34. The third kappa shape index (κ3) is 5.95. The molecular weight excluding hydrogens is 256 g/mol. The van der Waals surface area contributed by atoms with Gasteiger partial charge in [-0.1, -0.05) is 39.5 Å². The van der Waals surface area contributed by atoms with Gasteiger partial charge >= 0.3 is 0 Å². The van der Waals surface area contributed by atoms with Crippen molar-refractivity contribution in [3.8, 4) is 0 Å². The minimum Gasteiger partial charge on any atom is -0.316 e. The highest BCUT2D eigenvalue weighted by molar-refractivity contribution is 7.98. The van der Waals surface area contributed by atoms with Crippen LogP contribution < -0.4 is 5.32 Å². The summed E-state index contributed by atoms with van der Waals surface area (Å²) < 4.78 is 2.28. The van der Waals surface area contributed by atoms with Gasteiger partial charge in [-0.05, 0) is 37.6 Å². The van der Waals surface area contributed by atoms with Gasteiger partial charge in [-0.3, -0.25) is 0 Å². The SMILES string of the molecule is CSc1nnc(CCCNCC(C)C)n1CC(C)C. The molecular formula is C14H28N4S. The summed E-state index contributed by atoms with van der Waals surface area (Å²) in [5.74, 6) is 2.47. The molecule has 0 spiro atoms. The average Bonchev–Trinajstić information content (AvgIpc) is 2.70. The molecule has 1 N–H and O–H groups in total. The molecule has 1 heterocycles. The van der Waals surface area contributed by atoms with Gasteiger partial charge in [-0.2, -0.15) is 0 Å². The van der Waals surface area contributed by atoms with E-state index in [-0.39, 0.29) is 0 Å². The van der Waals surface area contributed by atoms with Gasteiger partial charge in [-0.15, -0.1) is 10.2 Å². The summed E-state index contributed by atoms with van der Waals surface area (Å²) in [5.41, 5.74) is 0. The van der Waals surface area contributed by atoms with Crippen LogP contribution in [0.1, 0.15) is 39.9 Å². The topological polar surface area (TPSA) is 42.7 Å². The number of hydrogen-bond acceptors (Lipinski definition) is 4. The summed E-state index contributed by atoms with van der Waals surface area (Å²) in [6.45, 7) is 12.1. The summed E-state index contributed by atoms with van der Waals surface area (Å²) in [5, 5.41) is 13.1. The van der Waals surface area contributed by atoms with E-state index in [0.717, 1.165) is 43.5 Å². The first-order chi connectivity index (χ1) is 9.04. The molecule has 5 heteroatoms. The second-order valence-corrected chi connectivity index (χ2v) is 6.58. The smallest absolute Gasteiger partial charge is 0.190 e. The van der Waals surface area contributed by atoms with Crippen LogP contribution in [0.15, 0.2) is 5.16 Å². The zero-order valence-electron chi connectivity index (χ0n) is 12.9. The van der Waals surface area contributed by atoms with Gasteiger partial charge in [0.15, 0.2) is 5.16 Å². The van der Waals surface area contributed by atoms with Crippen molar-refractivity contribution >= 4 is 11.8 Å². The number of nitrogens with zero attached hydrogens (tertiary/aromatic N) is 3. The third-order valence-corrected chi connectivity index (χ3v) is 3.50. The van der Waals surface area contributed by atoms with Crippen molar-refractivity contribution in [2.24, 2.45) is 11.8 Å². The minimum atomic E-state index is 0.625. The number of aromatic nitrogens is 3. The normalized spacial score (nSPS) is 11.7. The van der Waals surface area contributed by atoms with Gasteiger partial charge in [0.25, 0.3) is 0 Å². The molecule has 1 aromatic heterocycles. The second kappa shape index (κ2) is 8.59. The Morgan fingerprint density at radius 2 is 1.89 bits per heavy atom. The Bertz CT molecular complexity index is 360. The fourth-order valence-corrected chi connectivity index (χ4v) is 2.49. The minimum absolute atomic E-state index is 0.625. The first-order valence-corrected chi connectivity index (χ1v) is 8.43. The van der Waals surface area contributed by atoms with Crippen LogP contribution in [0, 0.1) is 11.8 Å². The van der Waals surface area contributed by atoms with E-state index in [4.69, 9.17) is 0 Å². The third-order valence-electron chi connectivity index (χ3n) is 2.83. The summed E-state index contributed by atoms with van der Waals surface area (Å²) in [6.07, 6.45) is 4.19. The van der Waals surface area contributed by atoms with Crippen molar-refractivity contribution < 1.29 is 0 Å². The quantitative estimate of drug-likeness (QED) is 0.559. The average molecular weight is 284 g/mol. The van der Waals surface area contributed by atoms with Crippen molar-refractivity contribution in [1.82, 2.24) is 20.1 Å². The molecule has 0 radical (unpaired) electrons. The molecule has 0 amide bonds. The van der Waals surface area contributed by atoms with Crippen molar-refractivity contribution in [2.75, 3.05) is 19.3 Å². The molecule has 0 bridgehead atoms. The first-order valence-electron chi connectivity index (χ1n) is 7.21. The van der Waals surface area contributed by atoms with E-state index >= 15 is 0 Å². The van der Waals surface area contributed by atoms with Crippen LogP contribution in [0.4, 0.5) is 0 Å². The maximum atomic E-state index is 4.34.